The molecule has 2 aromatic heterocycles. The van der Waals surface area contributed by atoms with Crippen molar-refractivity contribution in [2.45, 2.75) is 39.5 Å². The van der Waals surface area contributed by atoms with Crippen molar-refractivity contribution in [3.8, 4) is 0 Å². The average Bonchev–Trinajstić information content (AvgIpc) is 2.66. The van der Waals surface area contributed by atoms with Crippen LogP contribution in [0.3, 0.4) is 0 Å². The van der Waals surface area contributed by atoms with Crippen LogP contribution in [0.2, 0.25) is 0 Å². The van der Waals surface area contributed by atoms with Crippen LogP contribution >= 0.6 is 0 Å². The number of rotatable bonds is 2. The summed E-state index contributed by atoms with van der Waals surface area (Å²) in [5, 5.41) is 0. The number of nitrogen functional groups attached to an aromatic ring is 1. The monoisotopic (exact) mass is 366 g/mol. The summed E-state index contributed by atoms with van der Waals surface area (Å²) in [6.45, 7) is 6.99. The zero-order chi connectivity index (χ0) is 19.0. The minimum Gasteiger partial charge on any atom is -0.368 e. The first-order valence-electron chi connectivity index (χ1n) is 9.66. The van der Waals surface area contributed by atoms with Gasteiger partial charge in [0.25, 0.3) is 5.91 Å². The molecule has 1 amide bonds. The standard InChI is InChI=1S/C20H26N6O/c1-13-11-15(12-14(2)22-13)25-7-9-26(10-8-25)19(27)18-16-5-3-4-6-17(16)23-20(21)24-18/h11-12H,3-10H2,1-2H3,(H2,21,23,24). The molecule has 4 rings (SSSR count). The molecule has 2 N–H and O–H groups in total. The van der Waals surface area contributed by atoms with E-state index in [2.05, 4.69) is 32.0 Å². The number of aryl methyl sites for hydroxylation is 3. The number of fused-ring (bicyclic) bond motifs is 1. The molecule has 0 aromatic carbocycles. The fourth-order valence-electron chi connectivity index (χ4n) is 4.10. The van der Waals surface area contributed by atoms with Crippen LogP contribution in [0.25, 0.3) is 0 Å². The van der Waals surface area contributed by atoms with Crippen LogP contribution in [0.1, 0.15) is 46.0 Å². The summed E-state index contributed by atoms with van der Waals surface area (Å²) in [7, 11) is 0. The summed E-state index contributed by atoms with van der Waals surface area (Å²) in [6, 6.07) is 4.21. The maximum absolute atomic E-state index is 13.1. The van der Waals surface area contributed by atoms with Gasteiger partial charge in [0, 0.05) is 54.5 Å². The Morgan fingerprint density at radius 1 is 0.963 bits per heavy atom. The quantitative estimate of drug-likeness (QED) is 0.873. The molecule has 0 saturated carbocycles. The Bertz CT molecular complexity index is 853. The van der Waals surface area contributed by atoms with E-state index < -0.39 is 0 Å². The number of hydrogen-bond donors (Lipinski definition) is 1. The molecule has 2 aliphatic rings. The lowest BCUT2D eigenvalue weighted by Crippen LogP contribution is -2.49. The summed E-state index contributed by atoms with van der Waals surface area (Å²) >= 11 is 0. The summed E-state index contributed by atoms with van der Waals surface area (Å²) in [4.78, 5) is 30.4. The van der Waals surface area contributed by atoms with Gasteiger partial charge in [-0.15, -0.1) is 0 Å². The van der Waals surface area contributed by atoms with E-state index in [-0.39, 0.29) is 11.9 Å². The molecule has 0 unspecified atom stereocenters. The normalized spacial score (nSPS) is 17.0. The van der Waals surface area contributed by atoms with Gasteiger partial charge in [0.05, 0.1) is 0 Å². The third-order valence-electron chi connectivity index (χ3n) is 5.40. The molecule has 2 aromatic rings. The lowest BCUT2D eigenvalue weighted by atomic mass is 9.94. The van der Waals surface area contributed by atoms with E-state index in [4.69, 9.17) is 5.73 Å². The molecule has 0 atom stereocenters. The molecule has 1 fully saturated rings. The van der Waals surface area contributed by atoms with E-state index in [1.165, 1.54) is 5.69 Å². The second-order valence-corrected chi connectivity index (χ2v) is 7.45. The fraction of sp³-hybridized carbons (Fsp3) is 0.500. The molecule has 1 aliphatic carbocycles. The summed E-state index contributed by atoms with van der Waals surface area (Å²) in [5.41, 5.74) is 11.6. The van der Waals surface area contributed by atoms with Gasteiger partial charge in [0.15, 0.2) is 0 Å². The van der Waals surface area contributed by atoms with Gasteiger partial charge in [-0.2, -0.15) is 0 Å². The number of pyridine rings is 1. The number of aromatic nitrogens is 3. The highest BCUT2D eigenvalue weighted by Crippen LogP contribution is 2.25. The number of carbonyl (C=O) groups is 1. The van der Waals surface area contributed by atoms with Gasteiger partial charge in [0.2, 0.25) is 5.95 Å². The molecule has 0 spiro atoms. The van der Waals surface area contributed by atoms with Crippen LogP contribution in [-0.4, -0.2) is 51.9 Å². The van der Waals surface area contributed by atoms with Crippen molar-refractivity contribution >= 4 is 17.5 Å². The Labute approximate surface area is 159 Å². The first kappa shape index (κ1) is 17.7. The van der Waals surface area contributed by atoms with Gasteiger partial charge in [-0.3, -0.25) is 9.78 Å². The second kappa shape index (κ2) is 7.13. The van der Waals surface area contributed by atoms with Crippen molar-refractivity contribution in [1.29, 1.82) is 0 Å². The number of carbonyl (C=O) groups excluding carboxylic acids is 1. The molecular formula is C20H26N6O. The minimum atomic E-state index is -0.0102. The Morgan fingerprint density at radius 3 is 2.33 bits per heavy atom. The molecule has 1 saturated heterocycles. The first-order chi connectivity index (χ1) is 13.0. The first-order valence-corrected chi connectivity index (χ1v) is 9.66. The van der Waals surface area contributed by atoms with Crippen LogP contribution in [-0.2, 0) is 12.8 Å². The number of nitrogens with zero attached hydrogens (tertiary/aromatic N) is 5. The third kappa shape index (κ3) is 3.59. The van der Waals surface area contributed by atoms with E-state index in [9.17, 15) is 4.79 Å². The maximum Gasteiger partial charge on any atom is 0.273 e. The largest absolute Gasteiger partial charge is 0.368 e. The second-order valence-electron chi connectivity index (χ2n) is 7.45. The van der Waals surface area contributed by atoms with Gasteiger partial charge in [-0.05, 0) is 51.7 Å². The highest BCUT2D eigenvalue weighted by Gasteiger charge is 2.28. The van der Waals surface area contributed by atoms with Gasteiger partial charge < -0.3 is 15.5 Å². The predicted molar refractivity (Wildman–Crippen MR) is 105 cm³/mol. The lowest BCUT2D eigenvalue weighted by Gasteiger charge is -2.36. The van der Waals surface area contributed by atoms with Crippen molar-refractivity contribution in [1.82, 2.24) is 19.9 Å². The van der Waals surface area contributed by atoms with Gasteiger partial charge in [0.1, 0.15) is 5.69 Å². The van der Waals surface area contributed by atoms with Crippen LogP contribution in [0.4, 0.5) is 11.6 Å². The van der Waals surface area contributed by atoms with Crippen molar-refractivity contribution in [3.63, 3.8) is 0 Å². The molecule has 0 radical (unpaired) electrons. The van der Waals surface area contributed by atoms with E-state index >= 15 is 0 Å². The molecule has 142 valence electrons. The Hall–Kier alpha value is -2.70. The molecule has 27 heavy (non-hydrogen) atoms. The van der Waals surface area contributed by atoms with E-state index in [0.717, 1.165) is 61.4 Å². The highest BCUT2D eigenvalue weighted by atomic mass is 16.2. The molecule has 3 heterocycles. The van der Waals surface area contributed by atoms with Crippen LogP contribution in [0.15, 0.2) is 12.1 Å². The molecular weight excluding hydrogens is 340 g/mol. The lowest BCUT2D eigenvalue weighted by molar-refractivity contribution is 0.0739. The average molecular weight is 366 g/mol. The molecule has 0 bridgehead atoms. The SMILES string of the molecule is Cc1cc(N2CCN(C(=O)c3nc(N)nc4c3CCCC4)CC2)cc(C)n1. The summed E-state index contributed by atoms with van der Waals surface area (Å²) in [6.07, 6.45) is 3.93. The predicted octanol–water partition coefficient (Wildman–Crippen LogP) is 1.91. The molecule has 7 heteroatoms. The van der Waals surface area contributed by atoms with Gasteiger partial charge >= 0.3 is 0 Å². The zero-order valence-electron chi connectivity index (χ0n) is 16.0. The summed E-state index contributed by atoms with van der Waals surface area (Å²) in [5.74, 6) is 0.198. The summed E-state index contributed by atoms with van der Waals surface area (Å²) < 4.78 is 0. The van der Waals surface area contributed by atoms with Gasteiger partial charge in [-0.1, -0.05) is 0 Å². The number of hydrogen-bond acceptors (Lipinski definition) is 6. The van der Waals surface area contributed by atoms with Gasteiger partial charge in [-0.25, -0.2) is 9.97 Å². The topological polar surface area (TPSA) is 88.2 Å². The van der Waals surface area contributed by atoms with Crippen LogP contribution in [0, 0.1) is 13.8 Å². The minimum absolute atomic E-state index is 0.0102. The Morgan fingerprint density at radius 2 is 1.63 bits per heavy atom. The van der Waals surface area contributed by atoms with E-state index in [1.54, 1.807) is 0 Å². The fourth-order valence-corrected chi connectivity index (χ4v) is 4.10. The number of anilines is 2. The Balaban J connectivity index is 1.50. The van der Waals surface area contributed by atoms with E-state index in [1.807, 2.05) is 18.7 Å². The molecule has 7 nitrogen and oxygen atoms in total. The van der Waals surface area contributed by atoms with Crippen LogP contribution < -0.4 is 10.6 Å². The third-order valence-corrected chi connectivity index (χ3v) is 5.40. The van der Waals surface area contributed by atoms with E-state index in [0.29, 0.717) is 18.8 Å². The van der Waals surface area contributed by atoms with Crippen molar-refractivity contribution in [3.05, 3.63) is 40.5 Å². The smallest absolute Gasteiger partial charge is 0.273 e. The number of amides is 1. The maximum atomic E-state index is 13.1. The highest BCUT2D eigenvalue weighted by molar-refractivity contribution is 5.94. The molecule has 1 aliphatic heterocycles. The number of nitrogens with two attached hydrogens (primary N) is 1. The Kier molecular flexibility index (Phi) is 4.68. The van der Waals surface area contributed by atoms with Crippen molar-refractivity contribution < 1.29 is 4.79 Å². The van der Waals surface area contributed by atoms with Crippen molar-refractivity contribution in [2.75, 3.05) is 36.8 Å². The number of piperazine rings is 1. The zero-order valence-corrected chi connectivity index (χ0v) is 16.0. The van der Waals surface area contributed by atoms with Crippen molar-refractivity contribution in [2.24, 2.45) is 0 Å². The van der Waals surface area contributed by atoms with Crippen LogP contribution in [0.5, 0.6) is 0 Å².